The standard InChI is InChI=1S/C9H18N4O/c1-8(6-10)7-13(2)5-3-4-9(14)12-11/h8H,3-5,7,11H2,1-2H3,(H,12,14). The molecular formula is C9H18N4O. The van der Waals surface area contributed by atoms with Crippen LogP contribution in [-0.2, 0) is 4.79 Å². The Kier molecular flexibility index (Phi) is 6.72. The van der Waals surface area contributed by atoms with Crippen LogP contribution in [0.2, 0.25) is 0 Å². The molecule has 1 unspecified atom stereocenters. The summed E-state index contributed by atoms with van der Waals surface area (Å²) in [6.07, 6.45) is 1.19. The zero-order chi connectivity index (χ0) is 11.0. The smallest absolute Gasteiger partial charge is 0.233 e. The fourth-order valence-corrected chi connectivity index (χ4v) is 1.18. The van der Waals surface area contributed by atoms with E-state index in [4.69, 9.17) is 11.1 Å². The van der Waals surface area contributed by atoms with Gasteiger partial charge >= 0.3 is 0 Å². The van der Waals surface area contributed by atoms with Crippen molar-refractivity contribution in [2.75, 3.05) is 20.1 Å². The van der Waals surface area contributed by atoms with Crippen LogP contribution in [0.15, 0.2) is 0 Å². The number of nitrogens with one attached hydrogen (secondary N) is 1. The van der Waals surface area contributed by atoms with Crippen molar-refractivity contribution < 1.29 is 4.79 Å². The summed E-state index contributed by atoms with van der Waals surface area (Å²) in [6, 6.07) is 2.17. The lowest BCUT2D eigenvalue weighted by Crippen LogP contribution is -2.31. The molecule has 1 amide bonds. The Morgan fingerprint density at radius 2 is 2.36 bits per heavy atom. The molecule has 0 saturated heterocycles. The van der Waals surface area contributed by atoms with Gasteiger partial charge in [-0.2, -0.15) is 5.26 Å². The Balaban J connectivity index is 3.50. The highest BCUT2D eigenvalue weighted by molar-refractivity contribution is 5.75. The number of carbonyl (C=O) groups is 1. The van der Waals surface area contributed by atoms with E-state index in [9.17, 15) is 4.79 Å². The van der Waals surface area contributed by atoms with Gasteiger partial charge in [-0.1, -0.05) is 0 Å². The summed E-state index contributed by atoms with van der Waals surface area (Å²) in [5, 5.41) is 8.58. The van der Waals surface area contributed by atoms with Crippen LogP contribution in [-0.4, -0.2) is 30.9 Å². The van der Waals surface area contributed by atoms with Crippen LogP contribution < -0.4 is 11.3 Å². The second-order valence-electron chi connectivity index (χ2n) is 3.46. The Bertz CT molecular complexity index is 211. The van der Waals surface area contributed by atoms with Crippen LogP contribution in [0.4, 0.5) is 0 Å². The van der Waals surface area contributed by atoms with Gasteiger partial charge in [0.1, 0.15) is 0 Å². The molecule has 14 heavy (non-hydrogen) atoms. The largest absolute Gasteiger partial charge is 0.305 e. The molecule has 0 aliphatic heterocycles. The van der Waals surface area contributed by atoms with Crippen LogP contribution in [0.5, 0.6) is 0 Å². The number of rotatable bonds is 6. The SMILES string of the molecule is CC(C#N)CN(C)CCCC(=O)NN. The number of nitrogens with zero attached hydrogens (tertiary/aromatic N) is 2. The van der Waals surface area contributed by atoms with Crippen molar-refractivity contribution in [2.45, 2.75) is 19.8 Å². The quantitative estimate of drug-likeness (QED) is 0.353. The molecule has 0 aliphatic carbocycles. The first-order chi connectivity index (χ1) is 6.60. The van der Waals surface area contributed by atoms with Crippen LogP contribution in [0.1, 0.15) is 19.8 Å². The van der Waals surface area contributed by atoms with Gasteiger partial charge in [-0.15, -0.1) is 0 Å². The maximum Gasteiger partial charge on any atom is 0.233 e. The Morgan fingerprint density at radius 3 is 2.86 bits per heavy atom. The predicted octanol–water partition coefficient (Wildman–Crippen LogP) is -0.152. The minimum Gasteiger partial charge on any atom is -0.305 e. The van der Waals surface area contributed by atoms with E-state index in [1.165, 1.54) is 0 Å². The zero-order valence-electron chi connectivity index (χ0n) is 8.79. The van der Waals surface area contributed by atoms with E-state index in [0.29, 0.717) is 6.42 Å². The number of amides is 1. The third-order valence-electron chi connectivity index (χ3n) is 1.91. The minimum absolute atomic E-state index is 0.0309. The summed E-state index contributed by atoms with van der Waals surface area (Å²) in [5.74, 6) is 4.82. The Labute approximate surface area is 84.8 Å². The highest BCUT2D eigenvalue weighted by Gasteiger charge is 2.05. The van der Waals surface area contributed by atoms with E-state index in [1.807, 2.05) is 18.9 Å². The fourth-order valence-electron chi connectivity index (χ4n) is 1.18. The lowest BCUT2D eigenvalue weighted by atomic mass is 10.2. The van der Waals surface area contributed by atoms with E-state index in [0.717, 1.165) is 19.5 Å². The van der Waals surface area contributed by atoms with Gasteiger partial charge in [-0.05, 0) is 26.9 Å². The van der Waals surface area contributed by atoms with Gasteiger partial charge in [0.2, 0.25) is 5.91 Å². The van der Waals surface area contributed by atoms with E-state index in [-0.39, 0.29) is 11.8 Å². The summed E-state index contributed by atoms with van der Waals surface area (Å²) < 4.78 is 0. The van der Waals surface area contributed by atoms with E-state index in [1.54, 1.807) is 0 Å². The first-order valence-corrected chi connectivity index (χ1v) is 4.67. The van der Waals surface area contributed by atoms with Crippen molar-refractivity contribution in [1.29, 1.82) is 5.26 Å². The molecule has 0 aromatic rings. The van der Waals surface area contributed by atoms with Gasteiger partial charge in [0.25, 0.3) is 0 Å². The summed E-state index contributed by atoms with van der Waals surface area (Å²) in [4.78, 5) is 12.8. The van der Waals surface area contributed by atoms with Crippen LogP contribution in [0.25, 0.3) is 0 Å². The number of nitriles is 1. The average molecular weight is 198 g/mol. The highest BCUT2D eigenvalue weighted by Crippen LogP contribution is 1.98. The molecule has 0 spiro atoms. The van der Waals surface area contributed by atoms with Gasteiger partial charge in [0.05, 0.1) is 12.0 Å². The van der Waals surface area contributed by atoms with Gasteiger partial charge < -0.3 is 4.90 Å². The van der Waals surface area contributed by atoms with E-state index >= 15 is 0 Å². The second kappa shape index (κ2) is 7.30. The van der Waals surface area contributed by atoms with Crippen LogP contribution >= 0.6 is 0 Å². The van der Waals surface area contributed by atoms with Gasteiger partial charge in [0, 0.05) is 13.0 Å². The van der Waals surface area contributed by atoms with Crippen molar-refractivity contribution in [1.82, 2.24) is 10.3 Å². The summed E-state index contributed by atoms with van der Waals surface area (Å²) in [6.45, 7) is 3.42. The zero-order valence-corrected chi connectivity index (χ0v) is 8.79. The maximum atomic E-state index is 10.8. The molecule has 5 nitrogen and oxygen atoms in total. The molecule has 0 fully saturated rings. The van der Waals surface area contributed by atoms with Gasteiger partial charge in [-0.3, -0.25) is 10.2 Å². The lowest BCUT2D eigenvalue weighted by molar-refractivity contribution is -0.121. The Hall–Kier alpha value is -1.12. The molecule has 0 aromatic carbocycles. The molecule has 0 saturated carbocycles. The highest BCUT2D eigenvalue weighted by atomic mass is 16.2. The number of hydrogen-bond donors (Lipinski definition) is 2. The summed E-state index contributed by atoms with van der Waals surface area (Å²) in [7, 11) is 1.94. The monoisotopic (exact) mass is 198 g/mol. The van der Waals surface area contributed by atoms with Crippen molar-refractivity contribution in [3.63, 3.8) is 0 Å². The maximum absolute atomic E-state index is 10.8. The van der Waals surface area contributed by atoms with Crippen molar-refractivity contribution >= 4 is 5.91 Å². The molecule has 0 bridgehead atoms. The predicted molar refractivity (Wildman–Crippen MR) is 53.8 cm³/mol. The van der Waals surface area contributed by atoms with Gasteiger partial charge in [0.15, 0.2) is 0 Å². The van der Waals surface area contributed by atoms with Crippen molar-refractivity contribution in [3.8, 4) is 6.07 Å². The summed E-state index contributed by atoms with van der Waals surface area (Å²) in [5.41, 5.74) is 2.08. The van der Waals surface area contributed by atoms with Crippen LogP contribution in [0, 0.1) is 17.2 Å². The molecule has 1 atom stereocenters. The lowest BCUT2D eigenvalue weighted by Gasteiger charge is -2.16. The molecule has 3 N–H and O–H groups in total. The molecule has 0 rings (SSSR count). The topological polar surface area (TPSA) is 82.2 Å². The van der Waals surface area contributed by atoms with Crippen LogP contribution in [0.3, 0.4) is 0 Å². The second-order valence-corrected chi connectivity index (χ2v) is 3.46. The molecule has 5 heteroatoms. The molecule has 0 aliphatic rings. The van der Waals surface area contributed by atoms with E-state index < -0.39 is 0 Å². The third-order valence-corrected chi connectivity index (χ3v) is 1.91. The first kappa shape index (κ1) is 12.9. The minimum atomic E-state index is -0.147. The Morgan fingerprint density at radius 1 is 1.71 bits per heavy atom. The average Bonchev–Trinajstić information content (AvgIpc) is 2.17. The molecule has 0 radical (unpaired) electrons. The van der Waals surface area contributed by atoms with E-state index in [2.05, 4.69) is 11.5 Å². The number of hydrogen-bond acceptors (Lipinski definition) is 4. The molecule has 0 aromatic heterocycles. The molecule has 0 heterocycles. The normalized spacial score (nSPS) is 12.2. The number of carbonyl (C=O) groups excluding carboxylic acids is 1. The summed E-state index contributed by atoms with van der Waals surface area (Å²) >= 11 is 0. The van der Waals surface area contributed by atoms with Crippen molar-refractivity contribution in [2.24, 2.45) is 11.8 Å². The van der Waals surface area contributed by atoms with Crippen molar-refractivity contribution in [3.05, 3.63) is 0 Å². The first-order valence-electron chi connectivity index (χ1n) is 4.67. The molecular weight excluding hydrogens is 180 g/mol. The fraction of sp³-hybridized carbons (Fsp3) is 0.778. The number of hydrazine groups is 1. The van der Waals surface area contributed by atoms with Gasteiger partial charge in [-0.25, -0.2) is 5.84 Å². The molecule has 80 valence electrons. The number of nitrogens with two attached hydrogens (primary N) is 1. The third kappa shape index (κ3) is 6.40.